The molecule has 2 aromatic carbocycles. The molecule has 1 amide bonds. The van der Waals surface area contributed by atoms with Gasteiger partial charge in [-0.05, 0) is 63.6 Å². The molecule has 3 rings (SSSR count). The number of anilines is 1. The van der Waals surface area contributed by atoms with Crippen molar-refractivity contribution in [3.63, 3.8) is 0 Å². The molecular weight excluding hydrogens is 461 g/mol. The van der Waals surface area contributed by atoms with Crippen molar-refractivity contribution in [2.45, 2.75) is 26.7 Å². The lowest BCUT2D eigenvalue weighted by Crippen LogP contribution is -2.46. The molecular formula is C25H33Cl2N3O3. The summed E-state index contributed by atoms with van der Waals surface area (Å²) in [7, 11) is 0. The fourth-order valence-corrected chi connectivity index (χ4v) is 4.32. The minimum atomic E-state index is -0.0917. The van der Waals surface area contributed by atoms with Gasteiger partial charge in [-0.2, -0.15) is 0 Å². The minimum absolute atomic E-state index is 0.0917. The summed E-state index contributed by atoms with van der Waals surface area (Å²) in [6.07, 6.45) is 1.97. The van der Waals surface area contributed by atoms with Crippen LogP contribution in [-0.2, 0) is 0 Å². The largest absolute Gasteiger partial charge is 0.490 e. The molecule has 1 saturated heterocycles. The van der Waals surface area contributed by atoms with Gasteiger partial charge in [0.15, 0.2) is 11.5 Å². The Morgan fingerprint density at radius 3 is 2.42 bits per heavy atom. The van der Waals surface area contributed by atoms with Crippen molar-refractivity contribution in [2.24, 2.45) is 0 Å². The topological polar surface area (TPSA) is 54.0 Å². The Bertz CT molecular complexity index is 918. The quantitative estimate of drug-likeness (QED) is 0.440. The molecule has 180 valence electrons. The molecule has 0 aliphatic carbocycles. The van der Waals surface area contributed by atoms with E-state index in [1.54, 1.807) is 18.2 Å². The number of amides is 1. The molecule has 2 aromatic rings. The standard InChI is InChI=1S/C25H33Cl2N3O3/c1-3-32-22-11-10-19(18-23(22)33-4-2)25(31)28-12-5-6-13-29-14-16-30(17-15-29)21-9-7-8-20(26)24(21)27/h7-11,18H,3-6,12-17H2,1-2H3,(H,28,31). The van der Waals surface area contributed by atoms with Gasteiger partial charge in [-0.25, -0.2) is 0 Å². The van der Waals surface area contributed by atoms with Crippen molar-refractivity contribution >= 4 is 34.8 Å². The number of benzene rings is 2. The van der Waals surface area contributed by atoms with Crippen LogP contribution in [0.3, 0.4) is 0 Å². The van der Waals surface area contributed by atoms with Crippen LogP contribution in [0, 0.1) is 0 Å². The molecule has 0 radical (unpaired) electrons. The van der Waals surface area contributed by atoms with Crippen LogP contribution in [-0.4, -0.2) is 63.3 Å². The van der Waals surface area contributed by atoms with E-state index < -0.39 is 0 Å². The average molecular weight is 494 g/mol. The molecule has 1 N–H and O–H groups in total. The highest BCUT2D eigenvalue weighted by atomic mass is 35.5. The number of unbranched alkanes of at least 4 members (excludes halogenated alkanes) is 1. The highest BCUT2D eigenvalue weighted by Gasteiger charge is 2.19. The van der Waals surface area contributed by atoms with Gasteiger partial charge in [0.1, 0.15) is 0 Å². The number of halogens is 2. The summed E-state index contributed by atoms with van der Waals surface area (Å²) in [5.74, 6) is 1.17. The number of hydrogen-bond donors (Lipinski definition) is 1. The Balaban J connectivity index is 1.37. The number of nitrogens with zero attached hydrogens (tertiary/aromatic N) is 2. The maximum atomic E-state index is 12.5. The van der Waals surface area contributed by atoms with E-state index in [4.69, 9.17) is 32.7 Å². The summed E-state index contributed by atoms with van der Waals surface area (Å²) in [5.41, 5.74) is 1.59. The smallest absolute Gasteiger partial charge is 0.251 e. The van der Waals surface area contributed by atoms with E-state index in [2.05, 4.69) is 15.1 Å². The molecule has 0 aromatic heterocycles. The number of carbonyl (C=O) groups is 1. The second-order valence-electron chi connectivity index (χ2n) is 7.89. The molecule has 1 heterocycles. The van der Waals surface area contributed by atoms with Gasteiger partial charge < -0.3 is 19.7 Å². The Kier molecular flexibility index (Phi) is 9.97. The van der Waals surface area contributed by atoms with Gasteiger partial charge in [0.05, 0.1) is 28.9 Å². The van der Waals surface area contributed by atoms with Crippen LogP contribution in [0.5, 0.6) is 11.5 Å². The highest BCUT2D eigenvalue weighted by Crippen LogP contribution is 2.33. The molecule has 0 bridgehead atoms. The number of carbonyl (C=O) groups excluding carboxylic acids is 1. The zero-order valence-corrected chi connectivity index (χ0v) is 20.9. The Hall–Kier alpha value is -2.15. The maximum Gasteiger partial charge on any atom is 0.251 e. The molecule has 1 aliphatic rings. The second kappa shape index (κ2) is 12.9. The van der Waals surface area contributed by atoms with E-state index in [9.17, 15) is 4.79 Å². The zero-order valence-electron chi connectivity index (χ0n) is 19.4. The Morgan fingerprint density at radius 1 is 0.970 bits per heavy atom. The van der Waals surface area contributed by atoms with Crippen LogP contribution < -0.4 is 19.7 Å². The first kappa shape index (κ1) is 25.5. The fourth-order valence-electron chi connectivity index (χ4n) is 3.91. The molecule has 0 saturated carbocycles. The summed E-state index contributed by atoms with van der Waals surface area (Å²) in [4.78, 5) is 17.3. The van der Waals surface area contributed by atoms with Gasteiger partial charge >= 0.3 is 0 Å². The lowest BCUT2D eigenvalue weighted by molar-refractivity contribution is 0.0952. The molecule has 8 heteroatoms. The lowest BCUT2D eigenvalue weighted by atomic mass is 10.2. The van der Waals surface area contributed by atoms with Crippen LogP contribution in [0.15, 0.2) is 36.4 Å². The van der Waals surface area contributed by atoms with Crippen LogP contribution in [0.2, 0.25) is 10.0 Å². The van der Waals surface area contributed by atoms with Gasteiger partial charge in [-0.3, -0.25) is 9.69 Å². The minimum Gasteiger partial charge on any atom is -0.490 e. The molecule has 0 atom stereocenters. The molecule has 33 heavy (non-hydrogen) atoms. The second-order valence-corrected chi connectivity index (χ2v) is 8.68. The predicted molar refractivity (Wildman–Crippen MR) is 135 cm³/mol. The Morgan fingerprint density at radius 2 is 1.70 bits per heavy atom. The van der Waals surface area contributed by atoms with E-state index in [1.165, 1.54) is 0 Å². The van der Waals surface area contributed by atoms with Crippen molar-refractivity contribution in [3.8, 4) is 11.5 Å². The molecule has 0 spiro atoms. The number of rotatable bonds is 11. The van der Waals surface area contributed by atoms with Crippen molar-refractivity contribution in [2.75, 3.05) is 57.4 Å². The lowest BCUT2D eigenvalue weighted by Gasteiger charge is -2.36. The van der Waals surface area contributed by atoms with Crippen LogP contribution >= 0.6 is 23.2 Å². The SMILES string of the molecule is CCOc1ccc(C(=O)NCCCCN2CCN(c3cccc(Cl)c3Cl)CC2)cc1OCC. The van der Waals surface area contributed by atoms with E-state index >= 15 is 0 Å². The Labute approximate surface area is 206 Å². The van der Waals surface area contributed by atoms with Gasteiger partial charge in [0.2, 0.25) is 0 Å². The van der Waals surface area contributed by atoms with Gasteiger partial charge in [0.25, 0.3) is 5.91 Å². The predicted octanol–water partition coefficient (Wildman–Crippen LogP) is 5.12. The average Bonchev–Trinajstić information content (AvgIpc) is 2.82. The van der Waals surface area contributed by atoms with Crippen LogP contribution in [0.1, 0.15) is 37.0 Å². The normalized spacial score (nSPS) is 14.2. The van der Waals surface area contributed by atoms with Gasteiger partial charge in [-0.15, -0.1) is 0 Å². The zero-order chi connectivity index (χ0) is 23.6. The van der Waals surface area contributed by atoms with Crippen LogP contribution in [0.25, 0.3) is 0 Å². The molecule has 0 unspecified atom stereocenters. The van der Waals surface area contributed by atoms with E-state index in [0.29, 0.717) is 46.9 Å². The van der Waals surface area contributed by atoms with Crippen molar-refractivity contribution in [3.05, 3.63) is 52.0 Å². The first-order chi connectivity index (χ1) is 16.0. The van der Waals surface area contributed by atoms with Gasteiger partial charge in [0, 0.05) is 38.3 Å². The number of hydrogen-bond acceptors (Lipinski definition) is 5. The van der Waals surface area contributed by atoms with Crippen LogP contribution in [0.4, 0.5) is 5.69 Å². The third kappa shape index (κ3) is 7.16. The fraction of sp³-hybridized carbons (Fsp3) is 0.480. The van der Waals surface area contributed by atoms with Crippen molar-refractivity contribution in [1.29, 1.82) is 0 Å². The van der Waals surface area contributed by atoms with Crippen molar-refractivity contribution < 1.29 is 14.3 Å². The third-order valence-corrected chi connectivity index (χ3v) is 6.45. The first-order valence-electron chi connectivity index (χ1n) is 11.6. The van der Waals surface area contributed by atoms with E-state index in [1.807, 2.05) is 32.0 Å². The monoisotopic (exact) mass is 493 g/mol. The molecule has 6 nitrogen and oxygen atoms in total. The summed E-state index contributed by atoms with van der Waals surface area (Å²) in [6.45, 7) is 10.4. The summed E-state index contributed by atoms with van der Waals surface area (Å²) in [6, 6.07) is 11.1. The van der Waals surface area contributed by atoms with E-state index in [0.717, 1.165) is 51.3 Å². The maximum absolute atomic E-state index is 12.5. The highest BCUT2D eigenvalue weighted by molar-refractivity contribution is 6.43. The molecule has 1 aliphatic heterocycles. The summed E-state index contributed by atoms with van der Waals surface area (Å²) in [5, 5.41) is 4.23. The molecule has 1 fully saturated rings. The number of nitrogens with one attached hydrogen (secondary N) is 1. The van der Waals surface area contributed by atoms with Crippen molar-refractivity contribution in [1.82, 2.24) is 10.2 Å². The summed E-state index contributed by atoms with van der Waals surface area (Å²) < 4.78 is 11.2. The summed E-state index contributed by atoms with van der Waals surface area (Å²) >= 11 is 12.5. The first-order valence-corrected chi connectivity index (χ1v) is 12.4. The third-order valence-electron chi connectivity index (χ3n) is 5.64. The van der Waals surface area contributed by atoms with E-state index in [-0.39, 0.29) is 5.91 Å². The number of piperazine rings is 1. The number of ether oxygens (including phenoxy) is 2. The van der Waals surface area contributed by atoms with Gasteiger partial charge in [-0.1, -0.05) is 29.3 Å².